The highest BCUT2D eigenvalue weighted by atomic mass is 32.2. The Bertz CT molecular complexity index is 1300. The molecule has 6 nitrogen and oxygen atoms in total. The van der Waals surface area contributed by atoms with Crippen molar-refractivity contribution in [2.24, 2.45) is 0 Å². The molecule has 0 unspecified atom stereocenters. The topological polar surface area (TPSA) is 81.4 Å². The molecule has 0 aliphatic carbocycles. The number of nitrogens with zero attached hydrogens (tertiary/aromatic N) is 1. The first kappa shape index (κ1) is 21.6. The summed E-state index contributed by atoms with van der Waals surface area (Å²) in [7, 11) is -3.93. The average Bonchev–Trinajstić information content (AvgIpc) is 3.24. The fourth-order valence-electron chi connectivity index (χ4n) is 3.30. The molecule has 0 saturated heterocycles. The van der Waals surface area contributed by atoms with Gasteiger partial charge in [-0.2, -0.15) is 4.98 Å². The maximum atomic E-state index is 13.5. The van der Waals surface area contributed by atoms with Crippen LogP contribution in [0.15, 0.2) is 93.2 Å². The molecular formula is C25H24N2O4S. The Labute approximate surface area is 187 Å². The van der Waals surface area contributed by atoms with E-state index in [-0.39, 0.29) is 21.7 Å². The van der Waals surface area contributed by atoms with E-state index in [0.717, 1.165) is 16.7 Å². The summed E-state index contributed by atoms with van der Waals surface area (Å²) in [4.78, 5) is 4.53. The Morgan fingerprint density at radius 1 is 0.938 bits per heavy atom. The van der Waals surface area contributed by atoms with Crippen molar-refractivity contribution in [1.82, 2.24) is 4.98 Å². The third-order valence-electron chi connectivity index (χ3n) is 4.97. The van der Waals surface area contributed by atoms with E-state index < -0.39 is 9.84 Å². The van der Waals surface area contributed by atoms with Crippen LogP contribution in [0.25, 0.3) is 11.5 Å². The number of aromatic nitrogens is 1. The molecule has 0 aliphatic rings. The van der Waals surface area contributed by atoms with Crippen LogP contribution in [0.1, 0.15) is 18.1 Å². The fraction of sp³-hybridized carbons (Fsp3) is 0.160. The summed E-state index contributed by atoms with van der Waals surface area (Å²) < 4.78 is 38.3. The van der Waals surface area contributed by atoms with Crippen molar-refractivity contribution in [3.05, 3.63) is 90.0 Å². The number of rotatable bonds is 8. The third kappa shape index (κ3) is 4.53. The Morgan fingerprint density at radius 2 is 1.62 bits per heavy atom. The molecule has 0 aliphatic heterocycles. The number of aryl methyl sites for hydroxylation is 1. The number of hydrogen-bond acceptors (Lipinski definition) is 6. The summed E-state index contributed by atoms with van der Waals surface area (Å²) in [5.41, 5.74) is 2.67. The molecule has 0 fully saturated rings. The summed E-state index contributed by atoms with van der Waals surface area (Å²) in [5, 5.41) is 2.97. The number of benzene rings is 3. The van der Waals surface area contributed by atoms with Crippen LogP contribution in [0, 0.1) is 6.92 Å². The standard InChI is InChI=1S/C25H24N2O4S/c1-3-30-20-13-15-21(16-14-20)32(28,29)25-24(26-17-19-10-5-4-6-11-19)31-23(27-25)22-12-8-7-9-18(22)2/h4-16,26H,3,17H2,1-2H3. The van der Waals surface area contributed by atoms with Crippen LogP contribution in [0.4, 0.5) is 5.88 Å². The Kier molecular flexibility index (Phi) is 6.28. The Hall–Kier alpha value is -3.58. The van der Waals surface area contributed by atoms with Gasteiger partial charge < -0.3 is 14.5 Å². The first-order chi connectivity index (χ1) is 15.5. The molecule has 0 saturated carbocycles. The van der Waals surface area contributed by atoms with Crippen molar-refractivity contribution >= 4 is 15.7 Å². The fourth-order valence-corrected chi connectivity index (χ4v) is 4.58. The van der Waals surface area contributed by atoms with Crippen LogP contribution in [0.5, 0.6) is 5.75 Å². The number of anilines is 1. The maximum absolute atomic E-state index is 13.5. The Balaban J connectivity index is 1.75. The molecule has 0 spiro atoms. The lowest BCUT2D eigenvalue weighted by atomic mass is 10.1. The van der Waals surface area contributed by atoms with Crippen molar-refractivity contribution in [2.45, 2.75) is 30.3 Å². The van der Waals surface area contributed by atoms with Crippen molar-refractivity contribution in [3.8, 4) is 17.2 Å². The van der Waals surface area contributed by atoms with Crippen LogP contribution in [-0.4, -0.2) is 20.0 Å². The molecule has 32 heavy (non-hydrogen) atoms. The lowest BCUT2D eigenvalue weighted by Crippen LogP contribution is -2.07. The zero-order chi connectivity index (χ0) is 22.6. The van der Waals surface area contributed by atoms with E-state index in [1.807, 2.05) is 68.4 Å². The summed E-state index contributed by atoms with van der Waals surface area (Å²) in [6, 6.07) is 23.5. The van der Waals surface area contributed by atoms with E-state index >= 15 is 0 Å². The number of sulfone groups is 1. The van der Waals surface area contributed by atoms with Gasteiger partial charge in [-0.25, -0.2) is 8.42 Å². The predicted octanol–water partition coefficient (Wildman–Crippen LogP) is 5.49. The Morgan fingerprint density at radius 3 is 2.31 bits per heavy atom. The van der Waals surface area contributed by atoms with Crippen molar-refractivity contribution < 1.29 is 17.6 Å². The minimum Gasteiger partial charge on any atom is -0.494 e. The van der Waals surface area contributed by atoms with E-state index in [1.54, 1.807) is 12.1 Å². The molecule has 7 heteroatoms. The largest absolute Gasteiger partial charge is 0.494 e. The molecule has 0 bridgehead atoms. The van der Waals surface area contributed by atoms with Crippen LogP contribution in [0.2, 0.25) is 0 Å². The number of oxazole rings is 1. The lowest BCUT2D eigenvalue weighted by molar-refractivity contribution is 0.340. The van der Waals surface area contributed by atoms with E-state index in [4.69, 9.17) is 9.15 Å². The van der Waals surface area contributed by atoms with E-state index in [0.29, 0.717) is 18.9 Å². The second-order valence-electron chi connectivity index (χ2n) is 7.22. The molecule has 0 atom stereocenters. The van der Waals surface area contributed by atoms with Gasteiger partial charge in [-0.15, -0.1) is 0 Å². The zero-order valence-electron chi connectivity index (χ0n) is 17.9. The minimum absolute atomic E-state index is 0.112. The first-order valence-electron chi connectivity index (χ1n) is 10.3. The van der Waals surface area contributed by atoms with Crippen LogP contribution in [0.3, 0.4) is 0 Å². The number of nitrogens with one attached hydrogen (secondary N) is 1. The van der Waals surface area contributed by atoms with Gasteiger partial charge in [0.2, 0.25) is 26.6 Å². The second kappa shape index (κ2) is 9.28. The monoisotopic (exact) mass is 448 g/mol. The van der Waals surface area contributed by atoms with Gasteiger partial charge in [0, 0.05) is 12.1 Å². The predicted molar refractivity (Wildman–Crippen MR) is 124 cm³/mol. The molecular weight excluding hydrogens is 424 g/mol. The maximum Gasteiger partial charge on any atom is 0.234 e. The van der Waals surface area contributed by atoms with E-state index in [9.17, 15) is 8.42 Å². The summed E-state index contributed by atoms with van der Waals surface area (Å²) >= 11 is 0. The van der Waals surface area contributed by atoms with Gasteiger partial charge in [0.15, 0.2) is 0 Å². The van der Waals surface area contributed by atoms with Crippen molar-refractivity contribution in [1.29, 1.82) is 0 Å². The van der Waals surface area contributed by atoms with E-state index in [2.05, 4.69) is 10.3 Å². The highest BCUT2D eigenvalue weighted by Crippen LogP contribution is 2.34. The molecule has 4 rings (SSSR count). The third-order valence-corrected chi connectivity index (χ3v) is 6.65. The quantitative estimate of drug-likeness (QED) is 0.384. The smallest absolute Gasteiger partial charge is 0.234 e. The normalized spacial score (nSPS) is 11.3. The molecule has 4 aromatic rings. The van der Waals surface area contributed by atoms with Gasteiger partial charge in [-0.05, 0) is 55.3 Å². The van der Waals surface area contributed by atoms with Gasteiger partial charge in [0.05, 0.1) is 11.5 Å². The highest BCUT2D eigenvalue weighted by molar-refractivity contribution is 7.91. The molecule has 1 heterocycles. The minimum atomic E-state index is -3.93. The van der Waals surface area contributed by atoms with Gasteiger partial charge >= 0.3 is 0 Å². The summed E-state index contributed by atoms with van der Waals surface area (Å²) in [6.07, 6.45) is 0. The van der Waals surface area contributed by atoms with Crippen LogP contribution >= 0.6 is 0 Å². The first-order valence-corrected chi connectivity index (χ1v) is 11.8. The molecule has 164 valence electrons. The molecule has 0 radical (unpaired) electrons. The van der Waals surface area contributed by atoms with Crippen LogP contribution < -0.4 is 10.1 Å². The van der Waals surface area contributed by atoms with Gasteiger partial charge in [0.1, 0.15) is 5.75 Å². The summed E-state index contributed by atoms with van der Waals surface area (Å²) in [6.45, 7) is 4.70. The SMILES string of the molecule is CCOc1ccc(S(=O)(=O)c2nc(-c3ccccc3C)oc2NCc2ccccc2)cc1. The summed E-state index contributed by atoms with van der Waals surface area (Å²) in [5.74, 6) is 0.971. The van der Waals surface area contributed by atoms with Crippen molar-refractivity contribution in [2.75, 3.05) is 11.9 Å². The molecule has 0 amide bonds. The van der Waals surface area contributed by atoms with Gasteiger partial charge in [0.25, 0.3) is 0 Å². The van der Waals surface area contributed by atoms with Crippen LogP contribution in [-0.2, 0) is 16.4 Å². The highest BCUT2D eigenvalue weighted by Gasteiger charge is 2.29. The molecule has 3 aromatic carbocycles. The molecule has 1 N–H and O–H groups in total. The van der Waals surface area contributed by atoms with Crippen molar-refractivity contribution in [3.63, 3.8) is 0 Å². The average molecular weight is 449 g/mol. The second-order valence-corrected chi connectivity index (χ2v) is 9.08. The zero-order valence-corrected chi connectivity index (χ0v) is 18.7. The van der Waals surface area contributed by atoms with Gasteiger partial charge in [-0.3, -0.25) is 0 Å². The number of hydrogen-bond donors (Lipinski definition) is 1. The lowest BCUT2D eigenvalue weighted by Gasteiger charge is -2.07. The van der Waals surface area contributed by atoms with Gasteiger partial charge in [-0.1, -0.05) is 48.5 Å². The van der Waals surface area contributed by atoms with E-state index in [1.165, 1.54) is 12.1 Å². The number of ether oxygens (including phenoxy) is 1. The molecule has 1 aromatic heterocycles.